The lowest BCUT2D eigenvalue weighted by atomic mass is 9.74. The average Bonchev–Trinajstić information content (AvgIpc) is 2.99. The van der Waals surface area contributed by atoms with Gasteiger partial charge in [-0.1, -0.05) is 19.0 Å². The number of fused-ring (bicyclic) bond motifs is 1. The van der Waals surface area contributed by atoms with Crippen molar-refractivity contribution in [1.82, 2.24) is 30.4 Å². The summed E-state index contributed by atoms with van der Waals surface area (Å²) in [5.74, 6) is 1.17. The van der Waals surface area contributed by atoms with Crippen molar-refractivity contribution < 1.29 is 9.32 Å². The molecule has 3 aromatic heterocycles. The Labute approximate surface area is 169 Å². The number of carbonyl (C=O) groups is 1. The van der Waals surface area contributed by atoms with E-state index in [0.29, 0.717) is 17.3 Å². The zero-order valence-electron chi connectivity index (χ0n) is 17.1. The molecule has 0 bridgehead atoms. The minimum absolute atomic E-state index is 0.00195. The summed E-state index contributed by atoms with van der Waals surface area (Å²) in [4.78, 5) is 30.4. The third-order valence-electron chi connectivity index (χ3n) is 5.32. The summed E-state index contributed by atoms with van der Waals surface area (Å²) in [6.07, 6.45) is 8.58. The highest BCUT2D eigenvalue weighted by molar-refractivity contribution is 5.79. The van der Waals surface area contributed by atoms with Crippen LogP contribution in [0.1, 0.15) is 54.6 Å². The minimum atomic E-state index is -0.141. The topological polar surface area (TPSA) is 107 Å². The Kier molecular flexibility index (Phi) is 4.86. The van der Waals surface area contributed by atoms with E-state index in [9.17, 15) is 4.79 Å². The summed E-state index contributed by atoms with van der Waals surface area (Å²) in [6, 6.07) is -0.141. The second kappa shape index (κ2) is 7.35. The number of amides is 1. The standard InChI is InChI=1S/C21H24N6O2/c1-12-14(13(2)29-27-12)7-19(28)25-16-8-21(3,4)9-17-15(16)10-24-20(26-17)18-11-22-5-6-23-18/h5-6,10-11,16H,7-9H2,1-4H3,(H,25,28). The lowest BCUT2D eigenvalue weighted by molar-refractivity contribution is -0.121. The predicted octanol–water partition coefficient (Wildman–Crippen LogP) is 2.91. The molecule has 0 aliphatic heterocycles. The maximum atomic E-state index is 12.8. The van der Waals surface area contributed by atoms with Gasteiger partial charge < -0.3 is 9.84 Å². The number of aryl methyl sites for hydroxylation is 2. The number of carbonyl (C=O) groups excluding carboxylic acids is 1. The molecular formula is C21H24N6O2. The predicted molar refractivity (Wildman–Crippen MR) is 106 cm³/mol. The fraction of sp³-hybridized carbons (Fsp3) is 0.429. The number of nitrogens with one attached hydrogen (secondary N) is 1. The number of hydrogen-bond donors (Lipinski definition) is 1. The monoisotopic (exact) mass is 392 g/mol. The molecule has 0 saturated heterocycles. The Bertz CT molecular complexity index is 1030. The summed E-state index contributed by atoms with van der Waals surface area (Å²) >= 11 is 0. The first-order valence-corrected chi connectivity index (χ1v) is 9.66. The van der Waals surface area contributed by atoms with Gasteiger partial charge in [0.05, 0.1) is 30.0 Å². The molecule has 0 spiro atoms. The summed E-state index contributed by atoms with van der Waals surface area (Å²) < 4.78 is 5.17. The van der Waals surface area contributed by atoms with E-state index in [1.165, 1.54) is 0 Å². The van der Waals surface area contributed by atoms with Gasteiger partial charge in [0, 0.05) is 29.7 Å². The first-order valence-electron chi connectivity index (χ1n) is 9.66. The number of hydrogen-bond acceptors (Lipinski definition) is 7. The van der Waals surface area contributed by atoms with Crippen molar-refractivity contribution in [3.8, 4) is 11.5 Å². The van der Waals surface area contributed by atoms with Gasteiger partial charge in [0.15, 0.2) is 5.82 Å². The molecule has 4 rings (SSSR count). The smallest absolute Gasteiger partial charge is 0.225 e. The maximum absolute atomic E-state index is 12.8. The summed E-state index contributed by atoms with van der Waals surface area (Å²) in [5, 5.41) is 7.09. The van der Waals surface area contributed by atoms with Crippen molar-refractivity contribution in [2.24, 2.45) is 5.41 Å². The van der Waals surface area contributed by atoms with Crippen LogP contribution in [0.5, 0.6) is 0 Å². The molecule has 29 heavy (non-hydrogen) atoms. The van der Waals surface area contributed by atoms with Crippen LogP contribution in [0.2, 0.25) is 0 Å². The molecule has 0 saturated carbocycles. The molecule has 1 aliphatic rings. The molecule has 1 N–H and O–H groups in total. The van der Waals surface area contributed by atoms with E-state index in [4.69, 9.17) is 9.51 Å². The first-order chi connectivity index (χ1) is 13.8. The van der Waals surface area contributed by atoms with Gasteiger partial charge in [0.2, 0.25) is 5.91 Å². The molecule has 3 heterocycles. The molecule has 0 fully saturated rings. The fourth-order valence-corrected chi connectivity index (χ4v) is 3.87. The molecule has 1 amide bonds. The molecule has 0 radical (unpaired) electrons. The first kappa shape index (κ1) is 19.2. The SMILES string of the molecule is Cc1noc(C)c1CC(=O)NC1CC(C)(C)Cc2nc(-c3cnccn3)ncc21. The molecule has 8 nitrogen and oxygen atoms in total. The highest BCUT2D eigenvalue weighted by atomic mass is 16.5. The highest BCUT2D eigenvalue weighted by Crippen LogP contribution is 2.40. The molecule has 1 unspecified atom stereocenters. The highest BCUT2D eigenvalue weighted by Gasteiger charge is 2.34. The van der Waals surface area contributed by atoms with Crippen LogP contribution in [0, 0.1) is 19.3 Å². The Morgan fingerprint density at radius 1 is 1.24 bits per heavy atom. The van der Waals surface area contributed by atoms with Gasteiger partial charge in [-0.15, -0.1) is 0 Å². The molecule has 150 valence electrons. The minimum Gasteiger partial charge on any atom is -0.361 e. The summed E-state index contributed by atoms with van der Waals surface area (Å²) in [6.45, 7) is 8.05. The number of nitrogens with zero attached hydrogens (tertiary/aromatic N) is 5. The van der Waals surface area contributed by atoms with E-state index in [1.807, 2.05) is 20.0 Å². The third-order valence-corrected chi connectivity index (χ3v) is 5.32. The van der Waals surface area contributed by atoms with E-state index in [2.05, 4.69) is 39.3 Å². The average molecular weight is 392 g/mol. The van der Waals surface area contributed by atoms with Crippen molar-refractivity contribution in [3.63, 3.8) is 0 Å². The largest absolute Gasteiger partial charge is 0.361 e. The number of aromatic nitrogens is 5. The Morgan fingerprint density at radius 2 is 2.07 bits per heavy atom. The maximum Gasteiger partial charge on any atom is 0.225 e. The van der Waals surface area contributed by atoms with Gasteiger partial charge in [-0.3, -0.25) is 9.78 Å². The van der Waals surface area contributed by atoms with Gasteiger partial charge in [-0.25, -0.2) is 15.0 Å². The second-order valence-electron chi connectivity index (χ2n) is 8.33. The van der Waals surface area contributed by atoms with E-state index < -0.39 is 0 Å². The lowest BCUT2D eigenvalue weighted by Gasteiger charge is -2.36. The normalized spacial score (nSPS) is 17.6. The van der Waals surface area contributed by atoms with Crippen molar-refractivity contribution in [2.75, 3.05) is 0 Å². The molecule has 8 heteroatoms. The van der Waals surface area contributed by atoms with E-state index >= 15 is 0 Å². The van der Waals surface area contributed by atoms with Gasteiger partial charge in [0.1, 0.15) is 11.5 Å². The second-order valence-corrected chi connectivity index (χ2v) is 8.33. The van der Waals surface area contributed by atoms with Gasteiger partial charge in [0.25, 0.3) is 0 Å². The van der Waals surface area contributed by atoms with E-state index in [1.54, 1.807) is 18.6 Å². The van der Waals surface area contributed by atoms with Gasteiger partial charge in [-0.2, -0.15) is 0 Å². The van der Waals surface area contributed by atoms with Crippen LogP contribution < -0.4 is 5.32 Å². The van der Waals surface area contributed by atoms with Crippen molar-refractivity contribution >= 4 is 5.91 Å². The van der Waals surface area contributed by atoms with Crippen molar-refractivity contribution in [3.05, 3.63) is 53.1 Å². The zero-order chi connectivity index (χ0) is 20.6. The van der Waals surface area contributed by atoms with Crippen LogP contribution in [0.15, 0.2) is 29.3 Å². The Morgan fingerprint density at radius 3 is 2.76 bits per heavy atom. The van der Waals surface area contributed by atoms with Crippen LogP contribution in [-0.2, 0) is 17.6 Å². The summed E-state index contributed by atoms with van der Waals surface area (Å²) in [5.41, 5.74) is 4.13. The number of rotatable bonds is 4. The van der Waals surface area contributed by atoms with Crippen LogP contribution in [-0.4, -0.2) is 31.0 Å². The van der Waals surface area contributed by atoms with Gasteiger partial charge in [-0.05, 0) is 32.1 Å². The summed E-state index contributed by atoms with van der Waals surface area (Å²) in [7, 11) is 0. The quantitative estimate of drug-likeness (QED) is 0.727. The lowest BCUT2D eigenvalue weighted by Crippen LogP contribution is -2.38. The molecule has 1 atom stereocenters. The van der Waals surface area contributed by atoms with Gasteiger partial charge >= 0.3 is 0 Å². The third kappa shape index (κ3) is 4.01. The molecule has 3 aromatic rings. The molecule has 1 aliphatic carbocycles. The van der Waals surface area contributed by atoms with Crippen molar-refractivity contribution in [2.45, 2.75) is 53.0 Å². The Balaban J connectivity index is 1.59. The van der Waals surface area contributed by atoms with Crippen LogP contribution in [0.4, 0.5) is 0 Å². The molecule has 0 aromatic carbocycles. The van der Waals surface area contributed by atoms with Crippen molar-refractivity contribution in [1.29, 1.82) is 0 Å². The molecular weight excluding hydrogens is 368 g/mol. The van der Waals surface area contributed by atoms with Crippen LogP contribution >= 0.6 is 0 Å². The van der Waals surface area contributed by atoms with E-state index in [-0.39, 0.29) is 23.8 Å². The fourth-order valence-electron chi connectivity index (χ4n) is 3.87. The van der Waals surface area contributed by atoms with Crippen LogP contribution in [0.3, 0.4) is 0 Å². The van der Waals surface area contributed by atoms with Crippen LogP contribution in [0.25, 0.3) is 11.5 Å². The Hall–Kier alpha value is -3.16. The zero-order valence-corrected chi connectivity index (χ0v) is 17.1. The van der Waals surface area contributed by atoms with E-state index in [0.717, 1.165) is 35.4 Å².